The molecule has 30 heavy (non-hydrogen) atoms. The van der Waals surface area contributed by atoms with Crippen molar-refractivity contribution >= 4 is 18.3 Å². The Bertz CT molecular complexity index is 959. The van der Waals surface area contributed by atoms with Crippen molar-refractivity contribution in [3.8, 4) is 0 Å². The highest BCUT2D eigenvalue weighted by molar-refractivity contribution is 5.80. The Labute approximate surface area is 174 Å². The second-order valence-electron chi connectivity index (χ2n) is 7.78. The van der Waals surface area contributed by atoms with Crippen LogP contribution in [0, 0.1) is 5.92 Å². The van der Waals surface area contributed by atoms with Crippen molar-refractivity contribution < 1.29 is 14.7 Å². The summed E-state index contributed by atoms with van der Waals surface area (Å²) >= 11 is 0. The number of piperidine rings is 1. The van der Waals surface area contributed by atoms with Crippen molar-refractivity contribution in [2.24, 2.45) is 5.92 Å². The van der Waals surface area contributed by atoms with Gasteiger partial charge in [-0.3, -0.25) is 23.9 Å². The average molecular weight is 414 g/mol. The van der Waals surface area contributed by atoms with Crippen molar-refractivity contribution in [1.82, 2.24) is 24.3 Å². The van der Waals surface area contributed by atoms with Crippen molar-refractivity contribution in [2.75, 3.05) is 32.9 Å². The highest BCUT2D eigenvalue weighted by Crippen LogP contribution is 2.41. The molecule has 3 atom stereocenters. The third-order valence-electron chi connectivity index (χ3n) is 5.55. The summed E-state index contributed by atoms with van der Waals surface area (Å²) in [6.07, 6.45) is 4.41. The minimum atomic E-state index is -0.453. The number of pyridine rings is 1. The average Bonchev–Trinajstić information content (AvgIpc) is 2.71. The van der Waals surface area contributed by atoms with Gasteiger partial charge in [-0.2, -0.15) is 0 Å². The van der Waals surface area contributed by atoms with Crippen LogP contribution in [0.2, 0.25) is 0 Å². The van der Waals surface area contributed by atoms with Gasteiger partial charge in [0, 0.05) is 75.3 Å². The van der Waals surface area contributed by atoms with Crippen LogP contribution in [0.4, 0.5) is 5.95 Å². The zero-order valence-electron chi connectivity index (χ0n) is 17.0. The Morgan fingerprint density at radius 2 is 1.97 bits per heavy atom. The number of likely N-dealkylation sites (tertiary alicyclic amines) is 1. The molecule has 2 bridgehead atoms. The van der Waals surface area contributed by atoms with Gasteiger partial charge in [-0.15, -0.1) is 0 Å². The van der Waals surface area contributed by atoms with Gasteiger partial charge in [0.25, 0.3) is 12.0 Å². The largest absolute Gasteiger partial charge is 0.483 e. The number of amides is 1. The quantitative estimate of drug-likeness (QED) is 0.679. The molecule has 0 aliphatic carbocycles. The van der Waals surface area contributed by atoms with Crippen LogP contribution in [0.25, 0.3) is 0 Å². The Morgan fingerprint density at radius 1 is 1.30 bits per heavy atom. The van der Waals surface area contributed by atoms with E-state index in [1.54, 1.807) is 48.1 Å². The van der Waals surface area contributed by atoms with Crippen molar-refractivity contribution in [2.45, 2.75) is 24.9 Å². The molecule has 4 rings (SSSR count). The van der Waals surface area contributed by atoms with Crippen molar-refractivity contribution in [3.05, 3.63) is 52.2 Å². The first-order chi connectivity index (χ1) is 14.3. The van der Waals surface area contributed by atoms with Gasteiger partial charge in [0.15, 0.2) is 0 Å². The zero-order valence-corrected chi connectivity index (χ0v) is 17.0. The monoisotopic (exact) mass is 414 g/mol. The molecule has 4 heterocycles. The van der Waals surface area contributed by atoms with Gasteiger partial charge < -0.3 is 15.7 Å². The summed E-state index contributed by atoms with van der Waals surface area (Å²) in [6, 6.07) is 4.86. The number of carbonyl (C=O) groups excluding carboxylic acids is 1. The van der Waals surface area contributed by atoms with Gasteiger partial charge >= 0.3 is 0 Å². The molecule has 2 aromatic rings. The summed E-state index contributed by atoms with van der Waals surface area (Å²) in [5, 5.41) is 6.89. The number of hydrogen-bond acceptors (Lipinski definition) is 7. The molecule has 2 aliphatic rings. The molecule has 1 saturated heterocycles. The lowest BCUT2D eigenvalue weighted by Crippen LogP contribution is -2.52. The van der Waals surface area contributed by atoms with Crippen molar-refractivity contribution in [1.29, 1.82) is 0 Å². The highest BCUT2D eigenvalue weighted by atomic mass is 16.3. The van der Waals surface area contributed by atoms with Crippen molar-refractivity contribution in [3.63, 3.8) is 0 Å². The first-order valence-electron chi connectivity index (χ1n) is 9.65. The second kappa shape index (κ2) is 9.04. The predicted octanol–water partition coefficient (Wildman–Crippen LogP) is 0.170. The van der Waals surface area contributed by atoms with Gasteiger partial charge in [-0.05, 0) is 12.5 Å². The lowest BCUT2D eigenvalue weighted by molar-refractivity contribution is -0.135. The van der Waals surface area contributed by atoms with Gasteiger partial charge in [-0.1, -0.05) is 6.07 Å². The number of hydrogen-bond donors (Lipinski definition) is 2. The maximum Gasteiger partial charge on any atom is 0.290 e. The molecule has 2 aromatic heterocycles. The number of nitrogens with zero attached hydrogens (tertiary/aromatic N) is 5. The van der Waals surface area contributed by atoms with Crippen LogP contribution in [0.5, 0.6) is 0 Å². The van der Waals surface area contributed by atoms with Gasteiger partial charge in [0.05, 0.1) is 0 Å². The van der Waals surface area contributed by atoms with Crippen LogP contribution in [0.15, 0.2) is 35.4 Å². The third kappa shape index (κ3) is 4.33. The SMILES string of the molecule is CN(C)C(=O)[C@H]1[C@H]2C[C@H](CN(Cc3cnc(N)nc3)C2)c2cccc(=O)n21.O=CO. The number of rotatable bonds is 3. The predicted molar refractivity (Wildman–Crippen MR) is 110 cm³/mol. The standard InChI is InChI=1S/C19H24N6O2.CH2O2/c1-23(2)18(27)17-14-6-13(15-4-3-5-16(26)25(15)17)10-24(11-14)9-12-7-21-19(20)22-8-12;2-1-3/h3-5,7-8,13-14,17H,6,9-11H2,1-2H3,(H2,20,21,22);1H,(H,2,3)/t13-,14+,17-;/m1./s1. The van der Waals surface area contributed by atoms with E-state index in [2.05, 4.69) is 14.9 Å². The lowest BCUT2D eigenvalue weighted by atomic mass is 9.78. The maximum absolute atomic E-state index is 12.9. The molecule has 3 N–H and O–H groups in total. The van der Waals surface area contributed by atoms with E-state index < -0.39 is 6.04 Å². The Morgan fingerprint density at radius 3 is 2.60 bits per heavy atom. The molecule has 0 spiro atoms. The van der Waals surface area contributed by atoms with Crippen LogP contribution < -0.4 is 11.3 Å². The normalized spacial score (nSPS) is 22.3. The summed E-state index contributed by atoms with van der Waals surface area (Å²) in [6.45, 7) is 2.05. The summed E-state index contributed by atoms with van der Waals surface area (Å²) < 4.78 is 1.73. The molecule has 160 valence electrons. The molecule has 10 heteroatoms. The number of anilines is 1. The number of likely N-dealkylation sites (N-methyl/N-ethyl adjacent to an activating group) is 1. The van der Waals surface area contributed by atoms with E-state index in [1.165, 1.54) is 0 Å². The van der Waals surface area contributed by atoms with Gasteiger partial charge in [0.1, 0.15) is 6.04 Å². The lowest BCUT2D eigenvalue weighted by Gasteiger charge is -2.46. The fourth-order valence-electron chi connectivity index (χ4n) is 4.44. The second-order valence-corrected chi connectivity index (χ2v) is 7.78. The summed E-state index contributed by atoms with van der Waals surface area (Å²) in [4.78, 5) is 45.9. The molecule has 1 fully saturated rings. The van der Waals surface area contributed by atoms with Gasteiger partial charge in [0.2, 0.25) is 11.9 Å². The first-order valence-corrected chi connectivity index (χ1v) is 9.65. The fourth-order valence-corrected chi connectivity index (χ4v) is 4.44. The smallest absolute Gasteiger partial charge is 0.290 e. The molecule has 10 nitrogen and oxygen atoms in total. The number of fused-ring (bicyclic) bond motifs is 4. The number of carboxylic acid groups (broad SMARTS) is 1. The Kier molecular flexibility index (Phi) is 6.46. The molecular weight excluding hydrogens is 388 g/mol. The minimum Gasteiger partial charge on any atom is -0.483 e. The van der Waals surface area contributed by atoms with E-state index in [1.807, 2.05) is 6.07 Å². The van der Waals surface area contributed by atoms with Crippen LogP contribution in [-0.2, 0) is 16.1 Å². The number of nitrogen functional groups attached to an aromatic ring is 1. The zero-order chi connectivity index (χ0) is 21.8. The van der Waals surface area contributed by atoms with Crippen LogP contribution >= 0.6 is 0 Å². The summed E-state index contributed by atoms with van der Waals surface area (Å²) in [5.41, 5.74) is 7.42. The van der Waals surface area contributed by atoms with E-state index in [0.717, 1.165) is 30.8 Å². The topological polar surface area (TPSA) is 135 Å². The maximum atomic E-state index is 12.9. The minimum absolute atomic E-state index is 0.0225. The molecule has 0 radical (unpaired) electrons. The van der Waals surface area contributed by atoms with Crippen LogP contribution in [-0.4, -0.2) is 69.0 Å². The molecular formula is C20H26N6O4. The number of carbonyl (C=O) groups is 2. The third-order valence-corrected chi connectivity index (χ3v) is 5.55. The molecule has 1 amide bonds. The van der Waals surface area contributed by atoms with E-state index in [4.69, 9.17) is 15.6 Å². The van der Waals surface area contributed by atoms with E-state index in [0.29, 0.717) is 6.54 Å². The number of nitrogens with two attached hydrogens (primary N) is 1. The molecule has 0 aromatic carbocycles. The van der Waals surface area contributed by atoms with Crippen LogP contribution in [0.3, 0.4) is 0 Å². The summed E-state index contributed by atoms with van der Waals surface area (Å²) in [7, 11) is 3.49. The molecule has 0 saturated carbocycles. The Balaban J connectivity index is 0.000000806. The molecule has 0 unspecified atom stereocenters. The van der Waals surface area contributed by atoms with Crippen LogP contribution in [0.1, 0.15) is 29.6 Å². The van der Waals surface area contributed by atoms with Gasteiger partial charge in [-0.25, -0.2) is 9.97 Å². The fraction of sp³-hybridized carbons (Fsp3) is 0.450. The van der Waals surface area contributed by atoms with E-state index in [-0.39, 0.29) is 35.7 Å². The summed E-state index contributed by atoms with van der Waals surface area (Å²) in [5.74, 6) is 0.574. The Hall–Kier alpha value is -3.27. The molecule has 2 aliphatic heterocycles. The van der Waals surface area contributed by atoms with E-state index >= 15 is 0 Å². The van der Waals surface area contributed by atoms with E-state index in [9.17, 15) is 9.59 Å². The number of aromatic nitrogens is 3. The first kappa shape index (κ1) is 21.4. The highest BCUT2D eigenvalue weighted by Gasteiger charge is 2.44.